The maximum Gasteiger partial charge on any atom is 0.259 e. The first-order valence-electron chi connectivity index (χ1n) is 6.45. The lowest BCUT2D eigenvalue weighted by Gasteiger charge is -2.24. The van der Waals surface area contributed by atoms with E-state index in [1.165, 1.54) is 0 Å². The van der Waals surface area contributed by atoms with Crippen molar-refractivity contribution in [3.63, 3.8) is 0 Å². The highest BCUT2D eigenvalue weighted by molar-refractivity contribution is 5.96. The molecule has 0 aliphatic rings. The number of carbonyl (C=O) groups excluding carboxylic acids is 1. The van der Waals surface area contributed by atoms with E-state index in [1.807, 2.05) is 6.92 Å². The zero-order chi connectivity index (χ0) is 14.7. The number of nitrogens with zero attached hydrogens (tertiary/aromatic N) is 4. The molecule has 0 aliphatic heterocycles. The lowest BCUT2D eigenvalue weighted by molar-refractivity contribution is 0.0740. The van der Waals surface area contributed by atoms with Gasteiger partial charge in [0.15, 0.2) is 0 Å². The molecule has 1 amide bonds. The average Bonchev–Trinajstić information content (AvgIpc) is 2.77. The van der Waals surface area contributed by atoms with Gasteiger partial charge in [0.1, 0.15) is 11.3 Å². The quantitative estimate of drug-likeness (QED) is 0.849. The molecule has 2 aromatic rings. The van der Waals surface area contributed by atoms with Crippen molar-refractivity contribution in [2.24, 2.45) is 0 Å². The van der Waals surface area contributed by atoms with Crippen molar-refractivity contribution in [1.82, 2.24) is 20.0 Å². The summed E-state index contributed by atoms with van der Waals surface area (Å²) >= 11 is 0. The Labute approximate surface area is 117 Å². The normalized spacial score (nSPS) is 12.2. The number of hydrogen-bond donors (Lipinski definition) is 0. The first-order valence-corrected chi connectivity index (χ1v) is 6.45. The van der Waals surface area contributed by atoms with Crippen LogP contribution in [-0.2, 0) is 6.42 Å². The van der Waals surface area contributed by atoms with E-state index in [2.05, 4.69) is 15.1 Å². The van der Waals surface area contributed by atoms with Gasteiger partial charge in [-0.25, -0.2) is 0 Å². The number of carbonyl (C=O) groups is 1. The van der Waals surface area contributed by atoms with E-state index in [4.69, 9.17) is 4.52 Å². The molecule has 1 atom stereocenters. The monoisotopic (exact) mass is 274 g/mol. The molecule has 2 heterocycles. The topological polar surface area (TPSA) is 72.1 Å². The molecular weight excluding hydrogens is 256 g/mol. The lowest BCUT2D eigenvalue weighted by Crippen LogP contribution is -2.37. The van der Waals surface area contributed by atoms with Crippen LogP contribution in [0.15, 0.2) is 23.1 Å². The fourth-order valence-corrected chi connectivity index (χ4v) is 2.04. The molecule has 2 aromatic heterocycles. The van der Waals surface area contributed by atoms with Gasteiger partial charge in [-0.05, 0) is 20.8 Å². The van der Waals surface area contributed by atoms with Gasteiger partial charge in [-0.1, -0.05) is 5.16 Å². The summed E-state index contributed by atoms with van der Waals surface area (Å²) < 4.78 is 5.04. The lowest BCUT2D eigenvalue weighted by atomic mass is 10.1. The molecule has 0 saturated heterocycles. The third kappa shape index (κ3) is 2.84. The van der Waals surface area contributed by atoms with Crippen molar-refractivity contribution in [1.29, 1.82) is 0 Å². The van der Waals surface area contributed by atoms with E-state index in [9.17, 15) is 4.79 Å². The van der Waals surface area contributed by atoms with Crippen molar-refractivity contribution in [3.05, 3.63) is 41.3 Å². The van der Waals surface area contributed by atoms with Crippen LogP contribution < -0.4 is 0 Å². The number of amides is 1. The van der Waals surface area contributed by atoms with Crippen LogP contribution in [0.2, 0.25) is 0 Å². The fourth-order valence-electron chi connectivity index (χ4n) is 2.04. The second kappa shape index (κ2) is 5.81. The van der Waals surface area contributed by atoms with Gasteiger partial charge in [0, 0.05) is 38.1 Å². The number of rotatable bonds is 4. The molecule has 6 heteroatoms. The Kier molecular flexibility index (Phi) is 4.12. The number of aromatic nitrogens is 3. The predicted octanol–water partition coefficient (Wildman–Crippen LogP) is 1.78. The van der Waals surface area contributed by atoms with Crippen LogP contribution in [0.4, 0.5) is 0 Å². The second-order valence-corrected chi connectivity index (χ2v) is 4.87. The van der Waals surface area contributed by atoms with Crippen molar-refractivity contribution < 1.29 is 9.32 Å². The van der Waals surface area contributed by atoms with Gasteiger partial charge >= 0.3 is 0 Å². The first-order chi connectivity index (χ1) is 9.50. The molecule has 0 aliphatic carbocycles. The molecule has 2 rings (SSSR count). The smallest absolute Gasteiger partial charge is 0.259 e. The Bertz CT molecular complexity index is 575. The first kappa shape index (κ1) is 14.2. The second-order valence-electron chi connectivity index (χ2n) is 4.87. The minimum absolute atomic E-state index is 0.00731. The average molecular weight is 274 g/mol. The Morgan fingerprint density at radius 2 is 2.15 bits per heavy atom. The van der Waals surface area contributed by atoms with Crippen molar-refractivity contribution in [3.8, 4) is 0 Å². The zero-order valence-corrected chi connectivity index (χ0v) is 12.1. The van der Waals surface area contributed by atoms with Crippen LogP contribution >= 0.6 is 0 Å². The Balaban J connectivity index is 2.11. The molecular formula is C14H18N4O2. The largest absolute Gasteiger partial charge is 0.361 e. The Morgan fingerprint density at radius 3 is 2.70 bits per heavy atom. The molecule has 106 valence electrons. The van der Waals surface area contributed by atoms with E-state index >= 15 is 0 Å². The number of likely N-dealkylation sites (N-methyl/N-ethyl adjacent to an activating group) is 1. The van der Waals surface area contributed by atoms with E-state index in [0.29, 0.717) is 23.4 Å². The summed E-state index contributed by atoms with van der Waals surface area (Å²) in [7, 11) is 1.77. The van der Waals surface area contributed by atoms with Crippen LogP contribution in [-0.4, -0.2) is 39.0 Å². The highest BCUT2D eigenvalue weighted by atomic mass is 16.5. The summed E-state index contributed by atoms with van der Waals surface area (Å²) in [6.07, 6.45) is 5.65. The third-order valence-corrected chi connectivity index (χ3v) is 3.35. The summed E-state index contributed by atoms with van der Waals surface area (Å²) in [5.74, 6) is 0.462. The molecule has 20 heavy (non-hydrogen) atoms. The third-order valence-electron chi connectivity index (χ3n) is 3.35. The standard InChI is InChI=1S/C14H18N4O2/c1-9(7-12-8-15-5-6-16-12)18(4)14(19)13-10(2)17-20-11(13)3/h5-6,8-9H,7H2,1-4H3/t9-/m1/s1. The van der Waals surface area contributed by atoms with Gasteiger partial charge in [0.2, 0.25) is 0 Å². The number of aryl methyl sites for hydroxylation is 2. The molecule has 0 aromatic carbocycles. The van der Waals surface area contributed by atoms with Crippen LogP contribution in [0.5, 0.6) is 0 Å². The maximum atomic E-state index is 12.5. The van der Waals surface area contributed by atoms with Gasteiger partial charge in [-0.15, -0.1) is 0 Å². The molecule has 0 unspecified atom stereocenters. The molecule has 0 N–H and O–H groups in total. The molecule has 0 radical (unpaired) electrons. The molecule has 0 saturated carbocycles. The van der Waals surface area contributed by atoms with Gasteiger partial charge in [0.25, 0.3) is 5.91 Å². The van der Waals surface area contributed by atoms with Crippen molar-refractivity contribution in [2.45, 2.75) is 33.2 Å². The van der Waals surface area contributed by atoms with Gasteiger partial charge in [-0.3, -0.25) is 14.8 Å². The minimum atomic E-state index is -0.0855. The van der Waals surface area contributed by atoms with E-state index in [1.54, 1.807) is 44.4 Å². The zero-order valence-electron chi connectivity index (χ0n) is 12.1. The summed E-state index contributed by atoms with van der Waals surface area (Å²) in [5.41, 5.74) is 2.02. The van der Waals surface area contributed by atoms with Gasteiger partial charge in [-0.2, -0.15) is 0 Å². The van der Waals surface area contributed by atoms with Crippen LogP contribution in [0.25, 0.3) is 0 Å². The molecule has 0 bridgehead atoms. The highest BCUT2D eigenvalue weighted by Gasteiger charge is 2.24. The van der Waals surface area contributed by atoms with Crippen molar-refractivity contribution in [2.75, 3.05) is 7.05 Å². The fraction of sp³-hybridized carbons (Fsp3) is 0.429. The van der Waals surface area contributed by atoms with E-state index < -0.39 is 0 Å². The number of hydrogen-bond acceptors (Lipinski definition) is 5. The summed E-state index contributed by atoms with van der Waals surface area (Å²) in [6, 6.07) is 0.00731. The molecule has 6 nitrogen and oxygen atoms in total. The molecule has 0 spiro atoms. The predicted molar refractivity (Wildman–Crippen MR) is 73.3 cm³/mol. The minimum Gasteiger partial charge on any atom is -0.361 e. The summed E-state index contributed by atoms with van der Waals surface area (Å²) in [6.45, 7) is 5.49. The summed E-state index contributed by atoms with van der Waals surface area (Å²) in [4.78, 5) is 22.4. The molecule has 0 fully saturated rings. The summed E-state index contributed by atoms with van der Waals surface area (Å²) in [5, 5.41) is 3.82. The SMILES string of the molecule is Cc1noc(C)c1C(=O)N(C)[C@H](C)Cc1cnccn1. The highest BCUT2D eigenvalue weighted by Crippen LogP contribution is 2.16. The van der Waals surface area contributed by atoms with E-state index in [0.717, 1.165) is 5.69 Å². The van der Waals surface area contributed by atoms with Crippen LogP contribution in [0.1, 0.15) is 34.4 Å². The van der Waals surface area contributed by atoms with Crippen LogP contribution in [0, 0.1) is 13.8 Å². The van der Waals surface area contributed by atoms with Crippen LogP contribution in [0.3, 0.4) is 0 Å². The van der Waals surface area contributed by atoms with Gasteiger partial charge < -0.3 is 9.42 Å². The maximum absolute atomic E-state index is 12.5. The van der Waals surface area contributed by atoms with Gasteiger partial charge in [0.05, 0.1) is 11.4 Å². The van der Waals surface area contributed by atoms with E-state index in [-0.39, 0.29) is 11.9 Å². The van der Waals surface area contributed by atoms with Crippen molar-refractivity contribution >= 4 is 5.91 Å². The Morgan fingerprint density at radius 1 is 1.40 bits per heavy atom. The Hall–Kier alpha value is -2.24.